The molecule has 1 heterocycles. The summed E-state index contributed by atoms with van der Waals surface area (Å²) >= 11 is 5.92. The number of halogens is 1. The Labute approximate surface area is 95.9 Å². The van der Waals surface area contributed by atoms with E-state index in [4.69, 9.17) is 26.6 Å². The zero-order chi connectivity index (χ0) is 12.2. The summed E-state index contributed by atoms with van der Waals surface area (Å²) < 4.78 is 21.0. The first-order valence-corrected chi connectivity index (χ1v) is 4.83. The van der Waals surface area contributed by atoms with Crippen molar-refractivity contribution >= 4 is 46.8 Å². The Morgan fingerprint density at radius 3 is 3.00 bits per heavy atom. The molecule has 2 aromatic carbocycles. The minimum Gasteiger partial charge on any atom is -0.456 e. The zero-order valence-electron chi connectivity index (χ0n) is 9.67. The summed E-state index contributed by atoms with van der Waals surface area (Å²) in [6.07, 6.45) is 0. The van der Waals surface area contributed by atoms with Crippen LogP contribution in [0.2, 0.25) is 5.02 Å². The molecule has 0 aliphatic heterocycles. The second kappa shape index (κ2) is 3.04. The second-order valence-electron chi connectivity index (χ2n) is 3.29. The van der Waals surface area contributed by atoms with Gasteiger partial charge >= 0.3 is 0 Å². The maximum atomic E-state index is 7.80. The summed E-state index contributed by atoms with van der Waals surface area (Å²) in [5, 5.41) is 1.80. The normalized spacial score (nSPS) is 13.1. The number of hydrogen-bond acceptors (Lipinski definition) is 1. The molecule has 2 radical (unpaired) electrons. The molecule has 0 atom stereocenters. The molecular weight excluding hydrogens is 206 g/mol. The highest BCUT2D eigenvalue weighted by molar-refractivity contribution is 6.41. The van der Waals surface area contributed by atoms with E-state index < -0.39 is 0 Å². The Kier molecular flexibility index (Phi) is 1.41. The van der Waals surface area contributed by atoms with Crippen molar-refractivity contribution < 1.29 is 7.16 Å². The Hall–Kier alpha value is -1.41. The number of hydrogen-bond donors (Lipinski definition) is 0. The van der Waals surface area contributed by atoms with E-state index in [1.54, 1.807) is 18.2 Å². The fourth-order valence-electron chi connectivity index (χ4n) is 1.70. The van der Waals surface area contributed by atoms with Gasteiger partial charge in [0.25, 0.3) is 0 Å². The van der Waals surface area contributed by atoms with Crippen molar-refractivity contribution in [2.24, 2.45) is 0 Å². The van der Waals surface area contributed by atoms with Gasteiger partial charge in [-0.25, -0.2) is 0 Å². The summed E-state index contributed by atoms with van der Waals surface area (Å²) in [5.74, 6) is 0. The third-order valence-corrected chi connectivity index (χ3v) is 2.56. The topological polar surface area (TPSA) is 13.1 Å². The summed E-state index contributed by atoms with van der Waals surface area (Å²) in [4.78, 5) is 0. The van der Waals surface area contributed by atoms with Crippen molar-refractivity contribution in [3.63, 3.8) is 0 Å². The number of fused-ring (bicyclic) bond motifs is 3. The zero-order valence-corrected chi connectivity index (χ0v) is 8.43. The summed E-state index contributed by atoms with van der Waals surface area (Å²) in [5.41, 5.74) is 1.37. The maximum absolute atomic E-state index is 7.80. The minimum atomic E-state index is 0.217. The van der Waals surface area contributed by atoms with Crippen molar-refractivity contribution in [2.45, 2.75) is 0 Å². The van der Waals surface area contributed by atoms with Gasteiger partial charge in [0.05, 0.1) is 2.74 Å². The van der Waals surface area contributed by atoms with Crippen LogP contribution in [-0.2, 0) is 0 Å². The average molecular weight is 214 g/mol. The smallest absolute Gasteiger partial charge is 0.135 e. The van der Waals surface area contributed by atoms with Crippen LogP contribution in [0.1, 0.15) is 2.74 Å². The highest BCUT2D eigenvalue weighted by Crippen LogP contribution is 2.29. The van der Waals surface area contributed by atoms with E-state index in [9.17, 15) is 0 Å². The standard InChI is InChI=1S/C12H6BClO/c13-9-2-1-3-11-12(9)8-6-7(14)4-5-10(8)15-11/h1-6H/i2D,5D. The molecule has 0 N–H and O–H groups in total. The summed E-state index contributed by atoms with van der Waals surface area (Å²) in [7, 11) is 5.88. The van der Waals surface area contributed by atoms with Gasteiger partial charge in [-0.2, -0.15) is 0 Å². The highest BCUT2D eigenvalue weighted by atomic mass is 35.5. The van der Waals surface area contributed by atoms with Crippen LogP contribution in [0.4, 0.5) is 0 Å². The molecule has 3 heteroatoms. The van der Waals surface area contributed by atoms with Gasteiger partial charge in [0.1, 0.15) is 19.0 Å². The van der Waals surface area contributed by atoms with Crippen LogP contribution < -0.4 is 5.46 Å². The first-order valence-electron chi connectivity index (χ1n) is 5.45. The molecule has 0 spiro atoms. The number of rotatable bonds is 0. The first-order chi connectivity index (χ1) is 8.08. The van der Waals surface area contributed by atoms with E-state index in [0.29, 0.717) is 32.4 Å². The Morgan fingerprint density at radius 2 is 2.13 bits per heavy atom. The molecule has 0 aliphatic rings. The average Bonchev–Trinajstić information content (AvgIpc) is 2.63. The van der Waals surface area contributed by atoms with Gasteiger partial charge in [-0.15, -0.1) is 0 Å². The Morgan fingerprint density at radius 1 is 1.27 bits per heavy atom. The van der Waals surface area contributed by atoms with Crippen LogP contribution in [0.3, 0.4) is 0 Å². The summed E-state index contributed by atoms with van der Waals surface area (Å²) in [6, 6.07) is 6.94. The van der Waals surface area contributed by atoms with Crippen molar-refractivity contribution in [3.8, 4) is 0 Å². The first kappa shape index (κ1) is 6.97. The molecule has 3 rings (SSSR count). The molecular formula is C12H6BClO. The SMILES string of the molecule is [2H]c1ccc2oc3c([2H])cc(Cl)cc3c2c1[B]. The molecule has 0 aliphatic carbocycles. The van der Waals surface area contributed by atoms with E-state index in [1.165, 1.54) is 6.07 Å². The van der Waals surface area contributed by atoms with E-state index in [-0.39, 0.29) is 12.1 Å². The molecule has 0 fully saturated rings. The van der Waals surface area contributed by atoms with Crippen LogP contribution in [-0.4, -0.2) is 7.85 Å². The van der Waals surface area contributed by atoms with Crippen LogP contribution in [0.25, 0.3) is 21.9 Å². The van der Waals surface area contributed by atoms with Crippen LogP contribution in [0.15, 0.2) is 40.8 Å². The lowest BCUT2D eigenvalue weighted by atomic mass is 9.91. The van der Waals surface area contributed by atoms with Crippen molar-refractivity contribution in [1.82, 2.24) is 0 Å². The number of benzene rings is 2. The van der Waals surface area contributed by atoms with Gasteiger partial charge in [0.15, 0.2) is 0 Å². The van der Waals surface area contributed by atoms with Crippen LogP contribution >= 0.6 is 11.6 Å². The maximum Gasteiger partial charge on any atom is 0.135 e. The van der Waals surface area contributed by atoms with Crippen molar-refractivity contribution in [3.05, 3.63) is 41.4 Å². The predicted molar refractivity (Wildman–Crippen MR) is 64.1 cm³/mol. The van der Waals surface area contributed by atoms with E-state index in [0.717, 1.165) is 0 Å². The van der Waals surface area contributed by atoms with Gasteiger partial charge < -0.3 is 4.42 Å². The Balaban J connectivity index is 2.62. The lowest BCUT2D eigenvalue weighted by Gasteiger charge is -1.94. The lowest BCUT2D eigenvalue weighted by molar-refractivity contribution is 0.669. The summed E-state index contributed by atoms with van der Waals surface area (Å²) in [6.45, 7) is 0. The molecule has 1 nitrogen and oxygen atoms in total. The number of furan rings is 1. The van der Waals surface area contributed by atoms with Gasteiger partial charge in [0.2, 0.25) is 0 Å². The second-order valence-corrected chi connectivity index (χ2v) is 3.73. The van der Waals surface area contributed by atoms with Crippen molar-refractivity contribution in [1.29, 1.82) is 0 Å². The molecule has 0 unspecified atom stereocenters. The van der Waals surface area contributed by atoms with E-state index in [1.807, 2.05) is 0 Å². The molecule has 0 saturated carbocycles. The third kappa shape index (κ3) is 1.25. The van der Waals surface area contributed by atoms with Crippen molar-refractivity contribution in [2.75, 3.05) is 0 Å². The largest absolute Gasteiger partial charge is 0.456 e. The molecule has 15 heavy (non-hydrogen) atoms. The minimum absolute atomic E-state index is 0.217. The molecule has 0 saturated heterocycles. The third-order valence-electron chi connectivity index (χ3n) is 2.34. The van der Waals surface area contributed by atoms with Crippen LogP contribution in [0, 0.1) is 0 Å². The molecule has 1 aromatic heterocycles. The van der Waals surface area contributed by atoms with E-state index in [2.05, 4.69) is 0 Å². The molecule has 0 amide bonds. The monoisotopic (exact) mass is 214 g/mol. The molecule has 70 valence electrons. The van der Waals surface area contributed by atoms with Crippen LogP contribution in [0.5, 0.6) is 0 Å². The fraction of sp³-hybridized carbons (Fsp3) is 0. The van der Waals surface area contributed by atoms with E-state index >= 15 is 0 Å². The van der Waals surface area contributed by atoms with Gasteiger partial charge in [0, 0.05) is 15.8 Å². The predicted octanol–water partition coefficient (Wildman–Crippen LogP) is 3.03. The highest BCUT2D eigenvalue weighted by Gasteiger charge is 2.08. The quantitative estimate of drug-likeness (QED) is 0.524. The van der Waals surface area contributed by atoms with Gasteiger partial charge in [-0.1, -0.05) is 29.2 Å². The molecule has 3 aromatic rings. The molecule has 0 bridgehead atoms. The van der Waals surface area contributed by atoms with Gasteiger partial charge in [-0.3, -0.25) is 0 Å². The van der Waals surface area contributed by atoms with Gasteiger partial charge in [-0.05, 0) is 24.2 Å². The fourth-order valence-corrected chi connectivity index (χ4v) is 1.86. The lowest BCUT2D eigenvalue weighted by Crippen LogP contribution is -2.00. The Bertz CT molecular complexity index is 751.